The first-order valence-corrected chi connectivity index (χ1v) is 18.5. The first-order valence-electron chi connectivity index (χ1n) is 18.5. The highest BCUT2D eigenvalue weighted by atomic mass is 14.7. The Hall–Kier alpha value is -7.09. The summed E-state index contributed by atoms with van der Waals surface area (Å²) in [5, 5.41) is 7.66. The molecule has 0 fully saturated rings. The molecule has 1 heterocycles. The zero-order chi connectivity index (χ0) is 35.8. The second kappa shape index (κ2) is 13.5. The average molecular weight is 686 g/mol. The van der Waals surface area contributed by atoms with E-state index in [2.05, 4.69) is 212 Å². The molecule has 0 saturated heterocycles. The number of pyridine rings is 1. The Morgan fingerprint density at radius 1 is 0.204 bits per heavy atom. The molecule has 1 nitrogen and oxygen atoms in total. The normalized spacial score (nSPS) is 11.3. The van der Waals surface area contributed by atoms with Crippen LogP contribution >= 0.6 is 0 Å². The van der Waals surface area contributed by atoms with E-state index in [1.807, 2.05) is 0 Å². The molecule has 0 N–H and O–H groups in total. The number of hydrogen-bond acceptors (Lipinski definition) is 1. The fourth-order valence-corrected chi connectivity index (χ4v) is 8.00. The summed E-state index contributed by atoms with van der Waals surface area (Å²) in [6.07, 6.45) is 0. The van der Waals surface area contributed by atoms with Crippen LogP contribution in [0.4, 0.5) is 0 Å². The van der Waals surface area contributed by atoms with Gasteiger partial charge in [0.2, 0.25) is 0 Å². The molecule has 1 aromatic heterocycles. The van der Waals surface area contributed by atoms with Crippen molar-refractivity contribution in [1.29, 1.82) is 0 Å². The number of hydrogen-bond donors (Lipinski definition) is 0. The van der Waals surface area contributed by atoms with Crippen LogP contribution in [0.5, 0.6) is 0 Å². The summed E-state index contributed by atoms with van der Waals surface area (Å²) in [6, 6.07) is 76.6. The lowest BCUT2D eigenvalue weighted by atomic mass is 9.89. The van der Waals surface area contributed by atoms with E-state index in [9.17, 15) is 0 Å². The molecule has 0 bridgehead atoms. The molecule has 252 valence electrons. The van der Waals surface area contributed by atoms with E-state index in [4.69, 9.17) is 4.98 Å². The molecule has 54 heavy (non-hydrogen) atoms. The van der Waals surface area contributed by atoms with Gasteiger partial charge in [0.1, 0.15) is 0 Å². The van der Waals surface area contributed by atoms with Crippen LogP contribution in [0, 0.1) is 0 Å². The SMILES string of the molecule is c1ccc(-c2ccc3c4ccccc4c4ccc(-c5cccc(-c6ccccc6-c6cc(-c7ccccc7)nc(-c7ccccc7)c6)c5)cc4c3c2)cc1. The summed E-state index contributed by atoms with van der Waals surface area (Å²) in [5.41, 5.74) is 13.6. The summed E-state index contributed by atoms with van der Waals surface area (Å²) >= 11 is 0. The van der Waals surface area contributed by atoms with Crippen molar-refractivity contribution in [2.75, 3.05) is 0 Å². The van der Waals surface area contributed by atoms with Gasteiger partial charge in [0.05, 0.1) is 11.4 Å². The summed E-state index contributed by atoms with van der Waals surface area (Å²) in [4.78, 5) is 5.14. The number of aromatic nitrogens is 1. The van der Waals surface area contributed by atoms with Crippen LogP contribution in [0.2, 0.25) is 0 Å². The largest absolute Gasteiger partial charge is 0.248 e. The zero-order valence-electron chi connectivity index (χ0n) is 29.7. The lowest BCUT2D eigenvalue weighted by Gasteiger charge is -2.15. The minimum Gasteiger partial charge on any atom is -0.248 e. The maximum atomic E-state index is 5.14. The topological polar surface area (TPSA) is 12.9 Å². The highest BCUT2D eigenvalue weighted by Crippen LogP contribution is 2.41. The van der Waals surface area contributed by atoms with Crippen LogP contribution < -0.4 is 0 Å². The van der Waals surface area contributed by atoms with Gasteiger partial charge in [0, 0.05) is 11.1 Å². The van der Waals surface area contributed by atoms with Crippen molar-refractivity contribution in [3.05, 3.63) is 212 Å². The second-order valence-electron chi connectivity index (χ2n) is 13.9. The van der Waals surface area contributed by atoms with Crippen molar-refractivity contribution in [2.45, 2.75) is 0 Å². The highest BCUT2D eigenvalue weighted by molar-refractivity contribution is 6.26. The minimum atomic E-state index is 0.960. The third kappa shape index (κ3) is 5.73. The van der Waals surface area contributed by atoms with Gasteiger partial charge in [-0.15, -0.1) is 0 Å². The lowest BCUT2D eigenvalue weighted by Crippen LogP contribution is -1.93. The van der Waals surface area contributed by atoms with Crippen molar-refractivity contribution < 1.29 is 0 Å². The van der Waals surface area contributed by atoms with Crippen LogP contribution in [0.15, 0.2) is 212 Å². The molecule has 0 aliphatic heterocycles. The molecular formula is C53H35N. The number of rotatable bonds is 6. The summed E-state index contributed by atoms with van der Waals surface area (Å²) < 4.78 is 0. The monoisotopic (exact) mass is 685 g/mol. The molecule has 0 aliphatic rings. The van der Waals surface area contributed by atoms with Gasteiger partial charge >= 0.3 is 0 Å². The van der Waals surface area contributed by atoms with Crippen LogP contribution in [0.1, 0.15) is 0 Å². The van der Waals surface area contributed by atoms with Crippen LogP contribution in [-0.2, 0) is 0 Å². The molecule has 10 rings (SSSR count). The van der Waals surface area contributed by atoms with E-state index in [-0.39, 0.29) is 0 Å². The third-order valence-corrected chi connectivity index (χ3v) is 10.7. The van der Waals surface area contributed by atoms with Gasteiger partial charge in [0.25, 0.3) is 0 Å². The molecule has 9 aromatic carbocycles. The van der Waals surface area contributed by atoms with Gasteiger partial charge in [-0.2, -0.15) is 0 Å². The third-order valence-electron chi connectivity index (χ3n) is 10.7. The van der Waals surface area contributed by atoms with Gasteiger partial charge in [-0.1, -0.05) is 182 Å². The van der Waals surface area contributed by atoms with Crippen LogP contribution in [-0.4, -0.2) is 4.98 Å². The van der Waals surface area contributed by atoms with Gasteiger partial charge in [-0.3, -0.25) is 0 Å². The van der Waals surface area contributed by atoms with Gasteiger partial charge in [-0.05, 0) is 107 Å². The standard InChI is InChI=1S/C53H35N/c1-4-15-36(16-5-1)40-27-29-48-46-25-12-13-26-47(46)49-30-28-41(33-51(49)50(48)32-40)39-21-14-22-42(31-39)44-23-10-11-24-45(44)43-34-52(37-17-6-2-7-18-37)54-53(35-43)38-19-8-3-9-20-38/h1-35H. The second-order valence-corrected chi connectivity index (χ2v) is 13.9. The van der Waals surface area contributed by atoms with Gasteiger partial charge in [-0.25, -0.2) is 4.98 Å². The van der Waals surface area contributed by atoms with Gasteiger partial charge in [0.15, 0.2) is 0 Å². The molecule has 0 aliphatic carbocycles. The van der Waals surface area contributed by atoms with Crippen molar-refractivity contribution in [1.82, 2.24) is 4.98 Å². The molecule has 0 amide bonds. The van der Waals surface area contributed by atoms with Gasteiger partial charge < -0.3 is 0 Å². The van der Waals surface area contributed by atoms with Crippen molar-refractivity contribution in [3.63, 3.8) is 0 Å². The molecular weight excluding hydrogens is 651 g/mol. The lowest BCUT2D eigenvalue weighted by molar-refractivity contribution is 1.32. The predicted molar refractivity (Wildman–Crippen MR) is 229 cm³/mol. The zero-order valence-corrected chi connectivity index (χ0v) is 29.7. The Bertz CT molecular complexity index is 2910. The quantitative estimate of drug-likeness (QED) is 0.159. The molecule has 0 atom stereocenters. The van der Waals surface area contributed by atoms with Crippen LogP contribution in [0.25, 0.3) is 99.3 Å². The summed E-state index contributed by atoms with van der Waals surface area (Å²) in [6.45, 7) is 0. The number of fused-ring (bicyclic) bond motifs is 6. The minimum absolute atomic E-state index is 0.960. The predicted octanol–water partition coefficient (Wildman–Crippen LogP) is 14.5. The Kier molecular flexibility index (Phi) is 7.89. The average Bonchev–Trinajstić information content (AvgIpc) is 3.27. The van der Waals surface area contributed by atoms with Crippen molar-refractivity contribution in [2.24, 2.45) is 0 Å². The highest BCUT2D eigenvalue weighted by Gasteiger charge is 2.15. The van der Waals surface area contributed by atoms with Crippen LogP contribution in [0.3, 0.4) is 0 Å². The number of benzene rings is 9. The smallest absolute Gasteiger partial charge is 0.0715 e. The Morgan fingerprint density at radius 2 is 0.593 bits per heavy atom. The Labute approximate surface area is 315 Å². The van der Waals surface area contributed by atoms with E-state index in [0.717, 1.165) is 28.1 Å². The first kappa shape index (κ1) is 31.6. The summed E-state index contributed by atoms with van der Waals surface area (Å²) in [5.74, 6) is 0. The fraction of sp³-hybridized carbons (Fsp3) is 0. The maximum Gasteiger partial charge on any atom is 0.0715 e. The number of nitrogens with zero attached hydrogens (tertiary/aromatic N) is 1. The molecule has 0 radical (unpaired) electrons. The molecule has 1 heteroatoms. The maximum absolute atomic E-state index is 5.14. The first-order chi connectivity index (χ1) is 26.8. The molecule has 0 unspecified atom stereocenters. The van der Waals surface area contributed by atoms with Crippen molar-refractivity contribution in [3.8, 4) is 67.0 Å². The fourth-order valence-electron chi connectivity index (χ4n) is 8.00. The van der Waals surface area contributed by atoms with E-state index >= 15 is 0 Å². The van der Waals surface area contributed by atoms with E-state index in [0.29, 0.717) is 0 Å². The van der Waals surface area contributed by atoms with E-state index in [1.54, 1.807) is 0 Å². The molecule has 0 spiro atoms. The van der Waals surface area contributed by atoms with E-state index in [1.165, 1.54) is 71.3 Å². The van der Waals surface area contributed by atoms with Crippen molar-refractivity contribution >= 4 is 32.3 Å². The Morgan fingerprint density at radius 3 is 1.15 bits per heavy atom. The Balaban J connectivity index is 1.12. The molecule has 10 aromatic rings. The molecule has 0 saturated carbocycles. The van der Waals surface area contributed by atoms with E-state index < -0.39 is 0 Å². The summed E-state index contributed by atoms with van der Waals surface area (Å²) in [7, 11) is 0.